The highest BCUT2D eigenvalue weighted by Gasteiger charge is 2.02. The van der Waals surface area contributed by atoms with Crippen LogP contribution >= 0.6 is 0 Å². The van der Waals surface area contributed by atoms with Gasteiger partial charge in [0.15, 0.2) is 0 Å². The van der Waals surface area contributed by atoms with Crippen LogP contribution in [0.15, 0.2) is 36.7 Å². The second kappa shape index (κ2) is 4.57. The lowest BCUT2D eigenvalue weighted by atomic mass is 10.3. The summed E-state index contributed by atoms with van der Waals surface area (Å²) >= 11 is 0. The maximum Gasteiger partial charge on any atom is 0.227 e. The van der Waals surface area contributed by atoms with Gasteiger partial charge in [0, 0.05) is 30.2 Å². The van der Waals surface area contributed by atoms with Crippen LogP contribution in [0.3, 0.4) is 0 Å². The molecule has 0 saturated carbocycles. The molecule has 82 valence electrons. The number of nitrogens with one attached hydrogen (secondary N) is 1. The molecule has 1 N–H and O–H groups in total. The van der Waals surface area contributed by atoms with Crippen molar-refractivity contribution < 1.29 is 9.13 Å². The fourth-order valence-corrected chi connectivity index (χ4v) is 1.25. The third-order valence-corrected chi connectivity index (χ3v) is 1.93. The number of ether oxygens (including phenoxy) is 1. The Morgan fingerprint density at radius 2 is 1.94 bits per heavy atom. The Hall–Kier alpha value is -2.17. The summed E-state index contributed by atoms with van der Waals surface area (Å²) in [6.45, 7) is 0. The minimum absolute atomic E-state index is 0.377. The van der Waals surface area contributed by atoms with E-state index in [4.69, 9.17) is 4.74 Å². The molecule has 2 rings (SSSR count). The first kappa shape index (κ1) is 10.4. The van der Waals surface area contributed by atoms with E-state index in [1.165, 1.54) is 19.2 Å². The minimum Gasteiger partial charge on any atom is -0.497 e. The fraction of sp³-hybridized carbons (Fsp3) is 0.0909. The van der Waals surface area contributed by atoms with Gasteiger partial charge in [0.05, 0.1) is 7.11 Å². The SMILES string of the molecule is COc1cc(F)cc(Nc2ncccn2)c1. The lowest BCUT2D eigenvalue weighted by molar-refractivity contribution is 0.411. The van der Waals surface area contributed by atoms with Crippen molar-refractivity contribution in [2.24, 2.45) is 0 Å². The largest absolute Gasteiger partial charge is 0.497 e. The van der Waals surface area contributed by atoms with Crippen molar-refractivity contribution in [1.82, 2.24) is 9.97 Å². The first-order valence-electron chi connectivity index (χ1n) is 4.66. The summed E-state index contributed by atoms with van der Waals surface area (Å²) in [6, 6.07) is 6.02. The van der Waals surface area contributed by atoms with Gasteiger partial charge in [0.1, 0.15) is 11.6 Å². The average molecular weight is 219 g/mol. The summed E-state index contributed by atoms with van der Waals surface area (Å²) < 4.78 is 18.1. The Morgan fingerprint density at radius 1 is 1.19 bits per heavy atom. The molecule has 0 atom stereocenters. The van der Waals surface area contributed by atoms with Crippen LogP contribution in [0.25, 0.3) is 0 Å². The molecule has 1 heterocycles. The van der Waals surface area contributed by atoms with E-state index in [2.05, 4.69) is 15.3 Å². The van der Waals surface area contributed by atoms with Crippen molar-refractivity contribution in [3.05, 3.63) is 42.5 Å². The van der Waals surface area contributed by atoms with Crippen molar-refractivity contribution in [1.29, 1.82) is 0 Å². The van der Waals surface area contributed by atoms with Gasteiger partial charge < -0.3 is 10.1 Å². The monoisotopic (exact) mass is 219 g/mol. The smallest absolute Gasteiger partial charge is 0.227 e. The zero-order valence-electron chi connectivity index (χ0n) is 8.64. The van der Waals surface area contributed by atoms with Gasteiger partial charge in [0.2, 0.25) is 5.95 Å². The maximum absolute atomic E-state index is 13.2. The van der Waals surface area contributed by atoms with Gasteiger partial charge in [-0.2, -0.15) is 0 Å². The van der Waals surface area contributed by atoms with E-state index in [0.29, 0.717) is 17.4 Å². The highest BCUT2D eigenvalue weighted by atomic mass is 19.1. The van der Waals surface area contributed by atoms with Gasteiger partial charge in [0.25, 0.3) is 0 Å². The van der Waals surface area contributed by atoms with E-state index in [9.17, 15) is 4.39 Å². The number of rotatable bonds is 3. The molecule has 0 amide bonds. The number of methoxy groups -OCH3 is 1. The van der Waals surface area contributed by atoms with Gasteiger partial charge in [-0.15, -0.1) is 0 Å². The van der Waals surface area contributed by atoms with Crippen LogP contribution < -0.4 is 10.1 Å². The average Bonchev–Trinajstić information content (AvgIpc) is 2.29. The Morgan fingerprint density at radius 3 is 2.62 bits per heavy atom. The standard InChI is InChI=1S/C11H10FN3O/c1-16-10-6-8(12)5-9(7-10)15-11-13-3-2-4-14-11/h2-7H,1H3,(H,13,14,15). The Balaban J connectivity index is 2.24. The third-order valence-electron chi connectivity index (χ3n) is 1.93. The van der Waals surface area contributed by atoms with Crippen LogP contribution in [-0.2, 0) is 0 Å². The molecule has 0 fully saturated rings. The Bertz CT molecular complexity index is 476. The highest BCUT2D eigenvalue weighted by molar-refractivity contribution is 5.55. The van der Waals surface area contributed by atoms with Crippen LogP contribution in [0, 0.1) is 5.82 Å². The van der Waals surface area contributed by atoms with Crippen LogP contribution in [0.5, 0.6) is 5.75 Å². The van der Waals surface area contributed by atoms with Gasteiger partial charge >= 0.3 is 0 Å². The molecular weight excluding hydrogens is 209 g/mol. The van der Waals surface area contributed by atoms with E-state index >= 15 is 0 Å². The maximum atomic E-state index is 13.2. The van der Waals surface area contributed by atoms with E-state index in [1.54, 1.807) is 24.5 Å². The second-order valence-corrected chi connectivity index (χ2v) is 3.08. The first-order chi connectivity index (χ1) is 7.78. The first-order valence-corrected chi connectivity index (χ1v) is 4.66. The van der Waals surface area contributed by atoms with Crippen molar-refractivity contribution in [2.75, 3.05) is 12.4 Å². The summed E-state index contributed by atoms with van der Waals surface area (Å²) in [5.74, 6) is 0.478. The predicted molar refractivity (Wildman–Crippen MR) is 58.3 cm³/mol. The van der Waals surface area contributed by atoms with E-state index in [0.717, 1.165) is 0 Å². The molecular formula is C11H10FN3O. The third kappa shape index (κ3) is 2.44. The molecule has 1 aromatic carbocycles. The molecule has 0 aliphatic heterocycles. The van der Waals surface area contributed by atoms with Crippen LogP contribution in [-0.4, -0.2) is 17.1 Å². The fourth-order valence-electron chi connectivity index (χ4n) is 1.25. The van der Waals surface area contributed by atoms with Crippen LogP contribution in [0.1, 0.15) is 0 Å². The van der Waals surface area contributed by atoms with Crippen molar-refractivity contribution in [3.63, 3.8) is 0 Å². The summed E-state index contributed by atoms with van der Waals surface area (Å²) in [7, 11) is 1.48. The predicted octanol–water partition coefficient (Wildman–Crippen LogP) is 2.37. The molecule has 0 bridgehead atoms. The number of aromatic nitrogens is 2. The molecule has 4 nitrogen and oxygen atoms in total. The normalized spacial score (nSPS) is 9.88. The zero-order valence-corrected chi connectivity index (χ0v) is 8.64. The molecule has 5 heteroatoms. The molecule has 0 spiro atoms. The molecule has 0 radical (unpaired) electrons. The topological polar surface area (TPSA) is 47.0 Å². The van der Waals surface area contributed by atoms with Gasteiger partial charge in [-0.1, -0.05) is 0 Å². The molecule has 0 unspecified atom stereocenters. The summed E-state index contributed by atoms with van der Waals surface area (Å²) in [5, 5.41) is 2.88. The number of benzene rings is 1. The lowest BCUT2D eigenvalue weighted by Gasteiger charge is -2.06. The minimum atomic E-state index is -0.377. The Labute approximate surface area is 92.1 Å². The van der Waals surface area contributed by atoms with Crippen molar-refractivity contribution in [3.8, 4) is 5.75 Å². The molecule has 1 aromatic heterocycles. The lowest BCUT2D eigenvalue weighted by Crippen LogP contribution is -1.96. The summed E-state index contributed by atoms with van der Waals surface area (Å²) in [5.41, 5.74) is 0.544. The van der Waals surface area contributed by atoms with Crippen molar-refractivity contribution in [2.45, 2.75) is 0 Å². The molecule has 0 saturated heterocycles. The number of halogens is 1. The summed E-state index contributed by atoms with van der Waals surface area (Å²) in [6.07, 6.45) is 3.21. The Kier molecular flexibility index (Phi) is 2.95. The number of anilines is 2. The molecule has 0 aliphatic carbocycles. The van der Waals surface area contributed by atoms with Gasteiger partial charge in [-0.05, 0) is 12.1 Å². The van der Waals surface area contributed by atoms with E-state index in [1.807, 2.05) is 0 Å². The quantitative estimate of drug-likeness (QED) is 0.860. The molecule has 2 aromatic rings. The van der Waals surface area contributed by atoms with Crippen LogP contribution in [0.2, 0.25) is 0 Å². The molecule has 0 aliphatic rings. The highest BCUT2D eigenvalue weighted by Crippen LogP contribution is 2.21. The number of hydrogen-bond donors (Lipinski definition) is 1. The number of hydrogen-bond acceptors (Lipinski definition) is 4. The van der Waals surface area contributed by atoms with Gasteiger partial charge in [-0.25, -0.2) is 14.4 Å². The van der Waals surface area contributed by atoms with Gasteiger partial charge in [-0.3, -0.25) is 0 Å². The second-order valence-electron chi connectivity index (χ2n) is 3.08. The van der Waals surface area contributed by atoms with Crippen molar-refractivity contribution >= 4 is 11.6 Å². The zero-order chi connectivity index (χ0) is 11.4. The molecule has 16 heavy (non-hydrogen) atoms. The van der Waals surface area contributed by atoms with E-state index < -0.39 is 0 Å². The van der Waals surface area contributed by atoms with E-state index in [-0.39, 0.29) is 5.82 Å². The van der Waals surface area contributed by atoms with Crippen LogP contribution in [0.4, 0.5) is 16.0 Å². The number of nitrogens with zero attached hydrogens (tertiary/aromatic N) is 2. The summed E-state index contributed by atoms with van der Waals surface area (Å²) in [4.78, 5) is 7.95.